The fourth-order valence-electron chi connectivity index (χ4n) is 1.54. The number of halogens is 2. The Morgan fingerprint density at radius 1 is 1.11 bits per heavy atom. The van der Waals surface area contributed by atoms with E-state index in [9.17, 15) is 8.78 Å². The van der Waals surface area contributed by atoms with Crippen LogP contribution in [0, 0.1) is 18.6 Å². The zero-order valence-electron chi connectivity index (χ0n) is 10.1. The topological polar surface area (TPSA) is 35.2 Å². The first-order valence-electron chi connectivity index (χ1n) is 5.51. The highest BCUT2D eigenvalue weighted by molar-refractivity contribution is 7.80. The molecule has 2 N–H and O–H groups in total. The van der Waals surface area contributed by atoms with Crippen molar-refractivity contribution >= 4 is 17.2 Å². The van der Waals surface area contributed by atoms with E-state index in [1.807, 2.05) is 0 Å². The highest BCUT2D eigenvalue weighted by Crippen LogP contribution is 2.28. The number of benzene rings is 2. The van der Waals surface area contributed by atoms with E-state index in [-0.39, 0.29) is 16.5 Å². The predicted octanol–water partition coefficient (Wildman–Crippen LogP) is 3.70. The molecule has 0 radical (unpaired) electrons. The van der Waals surface area contributed by atoms with Crippen molar-refractivity contribution in [2.45, 2.75) is 6.92 Å². The summed E-state index contributed by atoms with van der Waals surface area (Å²) in [5, 5.41) is 0. The van der Waals surface area contributed by atoms with Gasteiger partial charge >= 0.3 is 0 Å². The highest BCUT2D eigenvalue weighted by atomic mass is 32.1. The lowest BCUT2D eigenvalue weighted by molar-refractivity contribution is 0.436. The molecule has 0 aromatic heterocycles. The van der Waals surface area contributed by atoms with E-state index in [1.54, 1.807) is 19.1 Å². The second-order valence-corrected chi connectivity index (χ2v) is 4.46. The Morgan fingerprint density at radius 3 is 2.47 bits per heavy atom. The Bertz CT molecular complexity index is 643. The number of hydrogen-bond acceptors (Lipinski definition) is 2. The molecule has 2 nitrogen and oxygen atoms in total. The number of nitrogens with two attached hydrogens (primary N) is 1. The van der Waals surface area contributed by atoms with Crippen molar-refractivity contribution in [3.63, 3.8) is 0 Å². The van der Waals surface area contributed by atoms with Crippen LogP contribution in [0.5, 0.6) is 11.5 Å². The summed E-state index contributed by atoms with van der Waals surface area (Å²) < 4.78 is 32.3. The van der Waals surface area contributed by atoms with Gasteiger partial charge in [0.15, 0.2) is 11.6 Å². The lowest BCUT2D eigenvalue weighted by atomic mass is 10.2. The van der Waals surface area contributed by atoms with Gasteiger partial charge in [-0.25, -0.2) is 8.78 Å². The Hall–Kier alpha value is -2.01. The molecule has 0 saturated heterocycles. The molecule has 98 valence electrons. The van der Waals surface area contributed by atoms with Gasteiger partial charge in [-0.2, -0.15) is 0 Å². The van der Waals surface area contributed by atoms with Crippen molar-refractivity contribution < 1.29 is 13.5 Å². The van der Waals surface area contributed by atoms with Crippen LogP contribution in [0.3, 0.4) is 0 Å². The molecule has 0 aliphatic carbocycles. The van der Waals surface area contributed by atoms with E-state index in [4.69, 9.17) is 22.7 Å². The molecule has 0 saturated carbocycles. The Kier molecular flexibility index (Phi) is 3.76. The first-order valence-corrected chi connectivity index (χ1v) is 5.91. The predicted molar refractivity (Wildman–Crippen MR) is 73.5 cm³/mol. The van der Waals surface area contributed by atoms with Gasteiger partial charge in [-0.15, -0.1) is 0 Å². The summed E-state index contributed by atoms with van der Waals surface area (Å²) >= 11 is 4.75. The molecule has 0 fully saturated rings. The smallest absolute Gasteiger partial charge is 0.166 e. The van der Waals surface area contributed by atoms with E-state index in [0.29, 0.717) is 11.1 Å². The van der Waals surface area contributed by atoms with E-state index in [1.165, 1.54) is 24.3 Å². The third-order valence-electron chi connectivity index (χ3n) is 2.59. The maximum absolute atomic E-state index is 13.8. The zero-order valence-corrected chi connectivity index (χ0v) is 10.9. The number of hydrogen-bond donors (Lipinski definition) is 1. The number of aryl methyl sites for hydroxylation is 1. The summed E-state index contributed by atoms with van der Waals surface area (Å²) in [6, 6.07) is 8.23. The van der Waals surface area contributed by atoms with Crippen LogP contribution in [-0.4, -0.2) is 4.99 Å². The minimum absolute atomic E-state index is 0.00583. The van der Waals surface area contributed by atoms with Crippen LogP contribution >= 0.6 is 12.2 Å². The average molecular weight is 279 g/mol. The van der Waals surface area contributed by atoms with Crippen LogP contribution < -0.4 is 10.5 Å². The van der Waals surface area contributed by atoms with Gasteiger partial charge < -0.3 is 10.5 Å². The molecule has 2 aromatic carbocycles. The highest BCUT2D eigenvalue weighted by Gasteiger charge is 2.09. The molecular weight excluding hydrogens is 268 g/mol. The van der Waals surface area contributed by atoms with Gasteiger partial charge in [-0.1, -0.05) is 18.3 Å². The van der Waals surface area contributed by atoms with Gasteiger partial charge in [-0.05, 0) is 36.8 Å². The average Bonchev–Trinajstić information content (AvgIpc) is 2.36. The molecule has 2 aromatic rings. The fraction of sp³-hybridized carbons (Fsp3) is 0.0714. The minimum Gasteiger partial charge on any atom is -0.454 e. The molecule has 0 unspecified atom stereocenters. The van der Waals surface area contributed by atoms with Crippen molar-refractivity contribution in [2.75, 3.05) is 0 Å². The van der Waals surface area contributed by atoms with Gasteiger partial charge in [-0.3, -0.25) is 0 Å². The van der Waals surface area contributed by atoms with Crippen molar-refractivity contribution in [2.24, 2.45) is 5.73 Å². The summed E-state index contributed by atoms with van der Waals surface area (Å²) in [6.45, 7) is 1.75. The summed E-state index contributed by atoms with van der Waals surface area (Å²) in [6.07, 6.45) is 0. The van der Waals surface area contributed by atoms with Gasteiger partial charge in [0.1, 0.15) is 16.6 Å². The van der Waals surface area contributed by atoms with E-state index in [2.05, 4.69) is 0 Å². The van der Waals surface area contributed by atoms with Gasteiger partial charge in [0, 0.05) is 11.6 Å². The molecule has 0 bridgehead atoms. The van der Waals surface area contributed by atoms with Crippen molar-refractivity contribution in [1.82, 2.24) is 0 Å². The van der Waals surface area contributed by atoms with E-state index in [0.717, 1.165) is 0 Å². The number of ether oxygens (including phenoxy) is 1. The second kappa shape index (κ2) is 5.32. The summed E-state index contributed by atoms with van der Waals surface area (Å²) in [7, 11) is 0. The quantitative estimate of drug-likeness (QED) is 0.870. The molecule has 0 aliphatic rings. The maximum Gasteiger partial charge on any atom is 0.166 e. The fourth-order valence-corrected chi connectivity index (χ4v) is 1.67. The van der Waals surface area contributed by atoms with E-state index >= 15 is 0 Å². The summed E-state index contributed by atoms with van der Waals surface area (Å²) in [5.41, 5.74) is 6.52. The molecule has 5 heteroatoms. The molecule has 19 heavy (non-hydrogen) atoms. The Balaban J connectivity index is 2.33. The molecule has 0 aliphatic heterocycles. The standard InChI is InChI=1S/C14H11F2NOS/c1-8-2-4-10(15)7-13(8)18-12-5-3-9(14(17)19)6-11(12)16/h2-7H,1H3,(H2,17,19). The third-order valence-corrected chi connectivity index (χ3v) is 2.82. The Labute approximate surface area is 114 Å². The molecule has 0 amide bonds. The lowest BCUT2D eigenvalue weighted by Crippen LogP contribution is -2.09. The first-order chi connectivity index (χ1) is 8.97. The van der Waals surface area contributed by atoms with Crippen molar-refractivity contribution in [3.05, 3.63) is 59.2 Å². The van der Waals surface area contributed by atoms with E-state index < -0.39 is 11.6 Å². The van der Waals surface area contributed by atoms with Crippen LogP contribution in [0.15, 0.2) is 36.4 Å². The van der Waals surface area contributed by atoms with Crippen LogP contribution in [-0.2, 0) is 0 Å². The zero-order chi connectivity index (χ0) is 14.0. The maximum atomic E-state index is 13.8. The number of rotatable bonds is 3. The SMILES string of the molecule is Cc1ccc(F)cc1Oc1ccc(C(N)=S)cc1F. The third kappa shape index (κ3) is 3.06. The van der Waals surface area contributed by atoms with Crippen molar-refractivity contribution in [3.8, 4) is 11.5 Å². The van der Waals surface area contributed by atoms with Gasteiger partial charge in [0.2, 0.25) is 0 Å². The van der Waals surface area contributed by atoms with Crippen LogP contribution in [0.2, 0.25) is 0 Å². The molecule has 0 heterocycles. The number of thiocarbonyl (C=S) groups is 1. The van der Waals surface area contributed by atoms with Crippen LogP contribution in [0.25, 0.3) is 0 Å². The van der Waals surface area contributed by atoms with Gasteiger partial charge in [0.25, 0.3) is 0 Å². The normalized spacial score (nSPS) is 10.3. The van der Waals surface area contributed by atoms with Gasteiger partial charge in [0.05, 0.1) is 0 Å². The lowest BCUT2D eigenvalue weighted by Gasteiger charge is -2.10. The summed E-state index contributed by atoms with van der Waals surface area (Å²) in [4.78, 5) is 0.104. The molecule has 0 atom stereocenters. The monoisotopic (exact) mass is 279 g/mol. The largest absolute Gasteiger partial charge is 0.454 e. The summed E-state index contributed by atoms with van der Waals surface area (Å²) in [5.74, 6) is -0.787. The van der Waals surface area contributed by atoms with Crippen LogP contribution in [0.1, 0.15) is 11.1 Å². The minimum atomic E-state index is -0.603. The molecule has 2 rings (SSSR count). The first kappa shape index (κ1) is 13.4. The molecular formula is C14H11F2NOS. The van der Waals surface area contributed by atoms with Crippen LogP contribution in [0.4, 0.5) is 8.78 Å². The molecule has 0 spiro atoms. The van der Waals surface area contributed by atoms with Crippen molar-refractivity contribution in [1.29, 1.82) is 0 Å². The second-order valence-electron chi connectivity index (χ2n) is 4.02. The Morgan fingerprint density at radius 2 is 1.84 bits per heavy atom.